The monoisotopic (exact) mass is 360 g/mol. The third-order valence-electron chi connectivity index (χ3n) is 4.07. The van der Waals surface area contributed by atoms with Crippen LogP contribution in [-0.4, -0.2) is 53.2 Å². The second-order valence-electron chi connectivity index (χ2n) is 5.60. The number of carbonyl (C=O) groups is 1. The zero-order chi connectivity index (χ0) is 17.8. The number of hydrogen-bond acceptors (Lipinski definition) is 5. The number of guanidine groups is 1. The molecule has 9 heteroatoms. The highest BCUT2D eigenvalue weighted by molar-refractivity contribution is 7.09. The fourth-order valence-electron chi connectivity index (χ4n) is 2.74. The molecule has 0 spiro atoms. The number of benzene rings is 1. The third-order valence-corrected chi connectivity index (χ3v) is 4.94. The Kier molecular flexibility index (Phi) is 5.15. The molecule has 0 atom stereocenters. The van der Waals surface area contributed by atoms with Gasteiger partial charge in [0.25, 0.3) is 0 Å². The summed E-state index contributed by atoms with van der Waals surface area (Å²) >= 11 is 1.57. The summed E-state index contributed by atoms with van der Waals surface area (Å²) in [5.74, 6) is 0.0572. The van der Waals surface area contributed by atoms with E-state index in [1.807, 2.05) is 5.38 Å². The van der Waals surface area contributed by atoms with Crippen molar-refractivity contribution in [2.75, 3.05) is 31.1 Å². The maximum atomic E-state index is 10.6. The number of piperazine rings is 1. The van der Waals surface area contributed by atoms with E-state index in [1.54, 1.807) is 16.2 Å². The summed E-state index contributed by atoms with van der Waals surface area (Å²) in [5, 5.41) is 11.6. The molecule has 5 N–H and O–H groups in total. The summed E-state index contributed by atoms with van der Waals surface area (Å²) in [4.78, 5) is 22.5. The predicted molar refractivity (Wildman–Crippen MR) is 98.9 cm³/mol. The first kappa shape index (κ1) is 17.2. The molecule has 8 nitrogen and oxygen atoms in total. The van der Waals surface area contributed by atoms with Crippen molar-refractivity contribution in [3.63, 3.8) is 0 Å². The maximum absolute atomic E-state index is 10.6. The Bertz CT molecular complexity index is 765. The van der Waals surface area contributed by atoms with E-state index in [2.05, 4.69) is 39.1 Å². The highest BCUT2D eigenvalue weighted by Crippen LogP contribution is 2.25. The van der Waals surface area contributed by atoms with Gasteiger partial charge in [0.1, 0.15) is 5.01 Å². The maximum Gasteiger partial charge on any atom is 0.434 e. The largest absolute Gasteiger partial charge is 0.463 e. The van der Waals surface area contributed by atoms with Crippen LogP contribution in [0.2, 0.25) is 0 Å². The molecule has 132 valence electrons. The van der Waals surface area contributed by atoms with E-state index < -0.39 is 6.09 Å². The van der Waals surface area contributed by atoms with Gasteiger partial charge < -0.3 is 26.4 Å². The van der Waals surface area contributed by atoms with E-state index >= 15 is 0 Å². The Morgan fingerprint density at radius 2 is 1.92 bits per heavy atom. The Morgan fingerprint density at radius 1 is 1.24 bits per heavy atom. The topological polar surface area (TPSA) is 121 Å². The Hall–Kier alpha value is -2.65. The zero-order valence-corrected chi connectivity index (χ0v) is 14.4. The number of nitrogens with zero attached hydrogens (tertiary/aromatic N) is 4. The SMILES string of the molecule is NCc1nc(-c2ccc(N3CCN(/C(N)=N/C(=O)O)CC3)cc2)cs1. The normalized spacial score (nSPS) is 15.5. The highest BCUT2D eigenvalue weighted by Gasteiger charge is 2.19. The van der Waals surface area contributed by atoms with Crippen LogP contribution in [0.3, 0.4) is 0 Å². The summed E-state index contributed by atoms with van der Waals surface area (Å²) in [6, 6.07) is 8.25. The minimum Gasteiger partial charge on any atom is -0.463 e. The first-order valence-corrected chi connectivity index (χ1v) is 8.76. The lowest BCUT2D eigenvalue weighted by Gasteiger charge is -2.36. The van der Waals surface area contributed by atoms with Gasteiger partial charge in [-0.05, 0) is 12.1 Å². The lowest BCUT2D eigenvalue weighted by Crippen LogP contribution is -2.51. The molecule has 0 saturated carbocycles. The van der Waals surface area contributed by atoms with Crippen molar-refractivity contribution in [1.82, 2.24) is 9.88 Å². The molecule has 1 fully saturated rings. The Balaban J connectivity index is 1.63. The van der Waals surface area contributed by atoms with Crippen LogP contribution in [-0.2, 0) is 6.54 Å². The molecule has 1 amide bonds. The standard InChI is InChI=1S/C16H20N6O2S/c17-9-14-19-13(10-25-14)11-1-3-12(4-2-11)21-5-7-22(8-6-21)15(18)20-16(23)24/h1-4,10H,5-9,17H2,(H2,18,20)(H,23,24). The number of nitrogens with two attached hydrogens (primary N) is 2. The smallest absolute Gasteiger partial charge is 0.434 e. The van der Waals surface area contributed by atoms with Crippen LogP contribution in [0, 0.1) is 0 Å². The number of thiazole rings is 1. The van der Waals surface area contributed by atoms with Gasteiger partial charge in [0.2, 0.25) is 5.96 Å². The number of aliphatic imine (C=N–C) groups is 1. The van der Waals surface area contributed by atoms with Crippen LogP contribution in [0.15, 0.2) is 34.6 Å². The van der Waals surface area contributed by atoms with Gasteiger partial charge in [-0.3, -0.25) is 0 Å². The van der Waals surface area contributed by atoms with Crippen LogP contribution < -0.4 is 16.4 Å². The number of carboxylic acid groups (broad SMARTS) is 1. The Morgan fingerprint density at radius 3 is 2.48 bits per heavy atom. The fourth-order valence-corrected chi connectivity index (χ4v) is 3.43. The van der Waals surface area contributed by atoms with Gasteiger partial charge in [0.05, 0.1) is 5.69 Å². The van der Waals surface area contributed by atoms with Crippen molar-refractivity contribution in [3.8, 4) is 11.3 Å². The van der Waals surface area contributed by atoms with Crippen molar-refractivity contribution >= 4 is 29.1 Å². The number of hydrogen-bond donors (Lipinski definition) is 3. The van der Waals surface area contributed by atoms with Gasteiger partial charge in [-0.25, -0.2) is 9.78 Å². The molecular formula is C16H20N6O2S. The molecule has 1 aromatic heterocycles. The molecule has 0 radical (unpaired) electrons. The summed E-state index contributed by atoms with van der Waals surface area (Å²) < 4.78 is 0. The minimum atomic E-state index is -1.27. The predicted octanol–water partition coefficient (Wildman–Crippen LogP) is 1.38. The van der Waals surface area contributed by atoms with Crippen LogP contribution in [0.25, 0.3) is 11.3 Å². The molecule has 0 aliphatic carbocycles. The molecule has 2 aromatic rings. The Labute approximate surface area is 149 Å². The van der Waals surface area contributed by atoms with Crippen molar-refractivity contribution in [1.29, 1.82) is 0 Å². The minimum absolute atomic E-state index is 0.0572. The van der Waals surface area contributed by atoms with E-state index in [4.69, 9.17) is 16.6 Å². The first-order chi connectivity index (χ1) is 12.1. The van der Waals surface area contributed by atoms with Crippen LogP contribution in [0.4, 0.5) is 10.5 Å². The highest BCUT2D eigenvalue weighted by atomic mass is 32.1. The number of amides is 1. The van der Waals surface area contributed by atoms with Gasteiger partial charge in [-0.1, -0.05) is 12.1 Å². The molecule has 2 heterocycles. The number of rotatable bonds is 3. The second kappa shape index (κ2) is 7.49. The van der Waals surface area contributed by atoms with Gasteiger partial charge in [0, 0.05) is 49.4 Å². The van der Waals surface area contributed by atoms with E-state index in [-0.39, 0.29) is 5.96 Å². The second-order valence-corrected chi connectivity index (χ2v) is 6.55. The first-order valence-electron chi connectivity index (χ1n) is 7.88. The van der Waals surface area contributed by atoms with E-state index in [9.17, 15) is 4.79 Å². The van der Waals surface area contributed by atoms with Gasteiger partial charge in [0.15, 0.2) is 0 Å². The molecular weight excluding hydrogens is 340 g/mol. The average Bonchev–Trinajstić information content (AvgIpc) is 3.11. The summed E-state index contributed by atoms with van der Waals surface area (Å²) in [7, 11) is 0. The summed E-state index contributed by atoms with van der Waals surface area (Å²) in [5.41, 5.74) is 14.4. The molecule has 0 unspecified atom stereocenters. The van der Waals surface area contributed by atoms with E-state index in [0.717, 1.165) is 35.0 Å². The third kappa shape index (κ3) is 4.06. The molecule has 1 aliphatic heterocycles. The van der Waals surface area contributed by atoms with Crippen LogP contribution >= 0.6 is 11.3 Å². The van der Waals surface area contributed by atoms with Crippen LogP contribution in [0.5, 0.6) is 0 Å². The van der Waals surface area contributed by atoms with Gasteiger partial charge >= 0.3 is 6.09 Å². The molecule has 1 aromatic carbocycles. The quantitative estimate of drug-likeness (QED) is 0.558. The summed E-state index contributed by atoms with van der Waals surface area (Å²) in [6.45, 7) is 3.24. The van der Waals surface area contributed by atoms with Crippen LogP contribution in [0.1, 0.15) is 5.01 Å². The van der Waals surface area contributed by atoms with Crippen molar-refractivity contribution in [3.05, 3.63) is 34.7 Å². The van der Waals surface area contributed by atoms with Crippen molar-refractivity contribution < 1.29 is 9.90 Å². The molecule has 3 rings (SSSR count). The average molecular weight is 360 g/mol. The van der Waals surface area contributed by atoms with E-state index in [1.165, 1.54) is 0 Å². The number of anilines is 1. The van der Waals surface area contributed by atoms with Crippen molar-refractivity contribution in [2.45, 2.75) is 6.54 Å². The van der Waals surface area contributed by atoms with E-state index in [0.29, 0.717) is 19.6 Å². The summed E-state index contributed by atoms with van der Waals surface area (Å²) in [6.07, 6.45) is -1.27. The van der Waals surface area contributed by atoms with Gasteiger partial charge in [-0.15, -0.1) is 16.3 Å². The number of aromatic nitrogens is 1. The van der Waals surface area contributed by atoms with Gasteiger partial charge in [-0.2, -0.15) is 0 Å². The lowest BCUT2D eigenvalue weighted by atomic mass is 10.1. The molecule has 1 saturated heterocycles. The van der Waals surface area contributed by atoms with Crippen molar-refractivity contribution in [2.24, 2.45) is 16.5 Å². The lowest BCUT2D eigenvalue weighted by molar-refractivity contribution is 0.205. The zero-order valence-electron chi connectivity index (χ0n) is 13.6. The fraction of sp³-hybridized carbons (Fsp3) is 0.312. The molecule has 25 heavy (non-hydrogen) atoms. The molecule has 1 aliphatic rings. The molecule has 0 bridgehead atoms.